The lowest BCUT2D eigenvalue weighted by atomic mass is 9.84. The molecule has 2 N–H and O–H groups in total. The summed E-state index contributed by atoms with van der Waals surface area (Å²) >= 11 is 0. The lowest BCUT2D eigenvalue weighted by Crippen LogP contribution is -2.46. The van der Waals surface area contributed by atoms with E-state index < -0.39 is 23.8 Å². The highest BCUT2D eigenvalue weighted by atomic mass is 16.2. The number of carbonyl (C=O) groups excluding carboxylic acids is 3. The molecule has 28 heavy (non-hydrogen) atoms. The zero-order valence-electron chi connectivity index (χ0n) is 15.3. The molecule has 0 aromatic heterocycles. The molecule has 6 heteroatoms. The minimum Gasteiger partial charge on any atom is -0.368 e. The minimum absolute atomic E-state index is 0.275. The van der Waals surface area contributed by atoms with Crippen molar-refractivity contribution in [1.29, 1.82) is 0 Å². The number of primary amides is 1. The van der Waals surface area contributed by atoms with Crippen molar-refractivity contribution in [2.24, 2.45) is 17.6 Å². The SMILES string of the molecule is Cc1ccc(N2C(=O)[C@@H]3[C@H](C2=O)[C@@H]2c4ccccc4C=CN2[C@@H]3C(N)=O)cc1. The molecule has 2 saturated heterocycles. The van der Waals surface area contributed by atoms with Crippen molar-refractivity contribution in [3.05, 3.63) is 71.4 Å². The maximum absolute atomic E-state index is 13.4. The van der Waals surface area contributed by atoms with Gasteiger partial charge in [0, 0.05) is 6.20 Å². The monoisotopic (exact) mass is 373 g/mol. The normalized spacial score (nSPS) is 27.6. The van der Waals surface area contributed by atoms with Gasteiger partial charge in [0.15, 0.2) is 0 Å². The standard InChI is InChI=1S/C22H19N3O3/c1-12-6-8-14(9-7-12)25-21(27)16-17(22(25)28)19(20(23)26)24-11-10-13-4-2-3-5-15(13)18(16)24/h2-11,16-19H,1H3,(H2,23,26)/t16-,17+,18-,19-/m0/s1. The molecular weight excluding hydrogens is 354 g/mol. The van der Waals surface area contributed by atoms with Crippen LogP contribution in [0.4, 0.5) is 5.69 Å². The Balaban J connectivity index is 1.65. The summed E-state index contributed by atoms with van der Waals surface area (Å²) in [5, 5.41) is 0. The van der Waals surface area contributed by atoms with E-state index >= 15 is 0 Å². The first-order valence-electron chi connectivity index (χ1n) is 9.27. The number of nitrogens with two attached hydrogens (primary N) is 1. The predicted molar refractivity (Wildman–Crippen MR) is 104 cm³/mol. The molecule has 5 rings (SSSR count). The highest BCUT2D eigenvalue weighted by Gasteiger charge is 2.64. The largest absolute Gasteiger partial charge is 0.368 e. The number of carbonyl (C=O) groups is 3. The molecule has 2 fully saturated rings. The van der Waals surface area contributed by atoms with E-state index in [4.69, 9.17) is 5.73 Å². The molecule has 0 bridgehead atoms. The average Bonchev–Trinajstić information content (AvgIpc) is 3.16. The van der Waals surface area contributed by atoms with Crippen molar-refractivity contribution < 1.29 is 14.4 Å². The van der Waals surface area contributed by atoms with E-state index in [2.05, 4.69) is 0 Å². The highest BCUT2D eigenvalue weighted by molar-refractivity contribution is 6.24. The molecule has 3 aliphatic rings. The lowest BCUT2D eigenvalue weighted by Gasteiger charge is -2.34. The average molecular weight is 373 g/mol. The molecule has 0 radical (unpaired) electrons. The van der Waals surface area contributed by atoms with Crippen LogP contribution in [-0.2, 0) is 14.4 Å². The Hall–Kier alpha value is -3.41. The fourth-order valence-corrected chi connectivity index (χ4v) is 4.83. The van der Waals surface area contributed by atoms with Crippen LogP contribution in [0.3, 0.4) is 0 Å². The van der Waals surface area contributed by atoms with Crippen molar-refractivity contribution in [3.63, 3.8) is 0 Å². The van der Waals surface area contributed by atoms with Crippen molar-refractivity contribution in [2.45, 2.75) is 19.0 Å². The Morgan fingerprint density at radius 3 is 2.36 bits per heavy atom. The molecule has 3 amide bonds. The zero-order chi connectivity index (χ0) is 19.6. The van der Waals surface area contributed by atoms with E-state index in [-0.39, 0.29) is 17.9 Å². The lowest BCUT2D eigenvalue weighted by molar-refractivity contribution is -0.129. The molecule has 3 heterocycles. The van der Waals surface area contributed by atoms with Gasteiger partial charge in [-0.25, -0.2) is 4.90 Å². The van der Waals surface area contributed by atoms with Crippen LogP contribution in [0.2, 0.25) is 0 Å². The van der Waals surface area contributed by atoms with Gasteiger partial charge >= 0.3 is 0 Å². The summed E-state index contributed by atoms with van der Waals surface area (Å²) in [6.07, 6.45) is 3.69. The summed E-state index contributed by atoms with van der Waals surface area (Å²) in [4.78, 5) is 42.1. The Morgan fingerprint density at radius 2 is 1.64 bits per heavy atom. The van der Waals surface area contributed by atoms with E-state index in [1.807, 2.05) is 49.4 Å². The molecule has 4 atom stereocenters. The summed E-state index contributed by atoms with van der Waals surface area (Å²) in [6.45, 7) is 1.94. The van der Waals surface area contributed by atoms with Gasteiger partial charge in [-0.15, -0.1) is 0 Å². The number of imide groups is 1. The quantitative estimate of drug-likeness (QED) is 0.816. The molecule has 6 nitrogen and oxygen atoms in total. The maximum Gasteiger partial charge on any atom is 0.240 e. The Kier molecular flexibility index (Phi) is 3.46. The second-order valence-electron chi connectivity index (χ2n) is 7.58. The number of nitrogens with zero attached hydrogens (tertiary/aromatic N) is 2. The van der Waals surface area contributed by atoms with Crippen molar-refractivity contribution in [2.75, 3.05) is 4.90 Å². The first-order chi connectivity index (χ1) is 13.5. The first kappa shape index (κ1) is 16.7. The van der Waals surface area contributed by atoms with Crippen LogP contribution in [0.1, 0.15) is 22.7 Å². The smallest absolute Gasteiger partial charge is 0.240 e. The number of amides is 3. The fraction of sp³-hybridized carbons (Fsp3) is 0.227. The van der Waals surface area contributed by atoms with Crippen LogP contribution in [0.25, 0.3) is 6.08 Å². The first-order valence-corrected chi connectivity index (χ1v) is 9.27. The fourth-order valence-electron chi connectivity index (χ4n) is 4.83. The predicted octanol–water partition coefficient (Wildman–Crippen LogP) is 2.00. The van der Waals surface area contributed by atoms with Gasteiger partial charge in [-0.05, 0) is 36.3 Å². The van der Waals surface area contributed by atoms with Gasteiger partial charge in [-0.2, -0.15) is 0 Å². The van der Waals surface area contributed by atoms with E-state index in [0.29, 0.717) is 5.69 Å². The molecule has 0 unspecified atom stereocenters. The van der Waals surface area contributed by atoms with E-state index in [0.717, 1.165) is 16.7 Å². The van der Waals surface area contributed by atoms with Crippen molar-refractivity contribution in [3.8, 4) is 0 Å². The summed E-state index contributed by atoms with van der Waals surface area (Å²) < 4.78 is 0. The van der Waals surface area contributed by atoms with E-state index in [1.54, 1.807) is 23.2 Å². The number of hydrogen-bond acceptors (Lipinski definition) is 4. The second-order valence-corrected chi connectivity index (χ2v) is 7.58. The Bertz CT molecular complexity index is 1040. The molecule has 3 aliphatic heterocycles. The van der Waals surface area contributed by atoms with Gasteiger partial charge in [0.1, 0.15) is 6.04 Å². The van der Waals surface area contributed by atoms with Gasteiger partial charge in [0.05, 0.1) is 23.6 Å². The van der Waals surface area contributed by atoms with E-state index in [9.17, 15) is 14.4 Å². The number of aryl methyl sites for hydroxylation is 1. The number of hydrogen-bond donors (Lipinski definition) is 1. The number of anilines is 1. The molecule has 2 aromatic rings. The van der Waals surface area contributed by atoms with Gasteiger partial charge in [-0.1, -0.05) is 42.0 Å². The number of rotatable bonds is 2. The number of fused-ring (bicyclic) bond motifs is 5. The minimum atomic E-state index is -0.841. The van der Waals surface area contributed by atoms with Crippen molar-refractivity contribution in [1.82, 2.24) is 4.90 Å². The van der Waals surface area contributed by atoms with Crippen LogP contribution >= 0.6 is 0 Å². The topological polar surface area (TPSA) is 83.7 Å². The van der Waals surface area contributed by atoms with Crippen LogP contribution in [-0.4, -0.2) is 28.7 Å². The number of benzene rings is 2. The summed E-state index contributed by atoms with van der Waals surface area (Å²) in [5.41, 5.74) is 9.19. The second kappa shape index (κ2) is 5.79. The van der Waals surface area contributed by atoms with Crippen LogP contribution < -0.4 is 10.6 Å². The third-order valence-corrected chi connectivity index (χ3v) is 6.05. The Labute approximate surface area is 162 Å². The van der Waals surface area contributed by atoms with Gasteiger partial charge in [-0.3, -0.25) is 14.4 Å². The molecule has 0 spiro atoms. The third kappa shape index (κ3) is 2.11. The van der Waals surface area contributed by atoms with E-state index in [1.165, 1.54) is 4.90 Å². The molecule has 2 aromatic carbocycles. The molecule has 0 saturated carbocycles. The van der Waals surface area contributed by atoms with Crippen LogP contribution in [0.5, 0.6) is 0 Å². The molecule has 140 valence electrons. The molecular formula is C22H19N3O3. The summed E-state index contributed by atoms with van der Waals surface area (Å²) in [6, 6.07) is 13.8. The zero-order valence-corrected chi connectivity index (χ0v) is 15.3. The van der Waals surface area contributed by atoms with Gasteiger partial charge < -0.3 is 10.6 Å². The van der Waals surface area contributed by atoms with Crippen LogP contribution in [0, 0.1) is 18.8 Å². The summed E-state index contributed by atoms with van der Waals surface area (Å²) in [5.74, 6) is -2.65. The van der Waals surface area contributed by atoms with Gasteiger partial charge in [0.25, 0.3) is 0 Å². The van der Waals surface area contributed by atoms with Gasteiger partial charge in [0.2, 0.25) is 17.7 Å². The third-order valence-electron chi connectivity index (χ3n) is 6.05. The molecule has 0 aliphatic carbocycles. The van der Waals surface area contributed by atoms with Crippen molar-refractivity contribution >= 4 is 29.5 Å². The highest BCUT2D eigenvalue weighted by Crippen LogP contribution is 2.52. The summed E-state index contributed by atoms with van der Waals surface area (Å²) in [7, 11) is 0. The van der Waals surface area contributed by atoms with Crippen LogP contribution in [0.15, 0.2) is 54.7 Å². The Morgan fingerprint density at radius 1 is 0.964 bits per heavy atom. The maximum atomic E-state index is 13.4.